The quantitative estimate of drug-likeness (QED) is 0.461. The van der Waals surface area contributed by atoms with Gasteiger partial charge in [-0.25, -0.2) is 9.37 Å². The molecule has 0 amide bonds. The van der Waals surface area contributed by atoms with E-state index in [4.69, 9.17) is 4.74 Å². The number of aryl methyl sites for hydroxylation is 1. The number of methoxy groups -OCH3 is 1. The molecule has 0 fully saturated rings. The van der Waals surface area contributed by atoms with Gasteiger partial charge in [-0.3, -0.25) is 4.68 Å². The van der Waals surface area contributed by atoms with E-state index in [1.54, 1.807) is 24.5 Å². The van der Waals surface area contributed by atoms with E-state index in [-0.39, 0.29) is 5.82 Å². The predicted molar refractivity (Wildman–Crippen MR) is 114 cm³/mol. The number of anilines is 1. The van der Waals surface area contributed by atoms with Crippen molar-refractivity contribution < 1.29 is 9.13 Å². The number of hydrogen-bond donors (Lipinski definition) is 1. The summed E-state index contributed by atoms with van der Waals surface area (Å²) < 4.78 is 20.4. The molecule has 0 radical (unpaired) electrons. The van der Waals surface area contributed by atoms with Crippen LogP contribution in [0.3, 0.4) is 0 Å². The maximum Gasteiger partial charge on any atom is 0.183 e. The zero-order valence-corrected chi connectivity index (χ0v) is 17.0. The second-order valence-electron chi connectivity index (χ2n) is 6.66. The lowest BCUT2D eigenvalue weighted by atomic mass is 10.2. The number of nitrogens with one attached hydrogen (secondary N) is 1. The predicted octanol–water partition coefficient (Wildman–Crippen LogP) is 5.12. The van der Waals surface area contributed by atoms with Gasteiger partial charge in [-0.05, 0) is 48.4 Å². The Balaban J connectivity index is 1.44. The molecule has 0 bridgehead atoms. The first-order valence-electron chi connectivity index (χ1n) is 9.23. The van der Waals surface area contributed by atoms with Crippen molar-refractivity contribution in [2.24, 2.45) is 0 Å². The Morgan fingerprint density at radius 1 is 1.10 bits per heavy atom. The van der Waals surface area contributed by atoms with Crippen molar-refractivity contribution in [1.29, 1.82) is 0 Å². The van der Waals surface area contributed by atoms with Gasteiger partial charge in [0.2, 0.25) is 0 Å². The van der Waals surface area contributed by atoms with Crippen LogP contribution >= 0.6 is 11.3 Å². The molecule has 0 atom stereocenters. The molecular weight excluding hydrogens is 387 g/mol. The highest BCUT2D eigenvalue weighted by molar-refractivity contribution is 7.19. The van der Waals surface area contributed by atoms with Crippen LogP contribution < -0.4 is 10.1 Å². The molecule has 148 valence electrons. The molecule has 1 N–H and O–H groups in total. The monoisotopic (exact) mass is 408 g/mol. The second-order valence-corrected chi connectivity index (χ2v) is 7.66. The molecule has 0 unspecified atom stereocenters. The van der Waals surface area contributed by atoms with Gasteiger partial charge in [-0.2, -0.15) is 5.10 Å². The summed E-state index contributed by atoms with van der Waals surface area (Å²) >= 11 is 1.58. The Kier molecular flexibility index (Phi) is 5.57. The lowest BCUT2D eigenvalue weighted by Crippen LogP contribution is -2.00. The SMILES string of the molecule is COc1ccc(CNc2nc(C)c(-c3ccn(Cc4cccc(F)c4)n3)s2)cc1. The Morgan fingerprint density at radius 2 is 1.93 bits per heavy atom. The second kappa shape index (κ2) is 8.45. The minimum Gasteiger partial charge on any atom is -0.497 e. The van der Waals surface area contributed by atoms with Gasteiger partial charge in [0.15, 0.2) is 5.13 Å². The van der Waals surface area contributed by atoms with Gasteiger partial charge in [-0.1, -0.05) is 35.6 Å². The molecule has 4 rings (SSSR count). The fourth-order valence-corrected chi connectivity index (χ4v) is 3.95. The van der Waals surface area contributed by atoms with Crippen molar-refractivity contribution in [2.75, 3.05) is 12.4 Å². The van der Waals surface area contributed by atoms with E-state index in [9.17, 15) is 4.39 Å². The molecule has 5 nitrogen and oxygen atoms in total. The first-order valence-corrected chi connectivity index (χ1v) is 10.0. The third-order valence-electron chi connectivity index (χ3n) is 4.51. The van der Waals surface area contributed by atoms with E-state index in [2.05, 4.69) is 15.4 Å². The van der Waals surface area contributed by atoms with E-state index < -0.39 is 0 Å². The number of ether oxygens (including phenoxy) is 1. The lowest BCUT2D eigenvalue weighted by Gasteiger charge is -2.04. The van der Waals surface area contributed by atoms with Gasteiger partial charge in [-0.15, -0.1) is 0 Å². The van der Waals surface area contributed by atoms with Crippen LogP contribution in [0, 0.1) is 12.7 Å². The Labute approximate surface area is 172 Å². The number of aromatic nitrogens is 3. The van der Waals surface area contributed by atoms with E-state index in [1.165, 1.54) is 12.1 Å². The van der Waals surface area contributed by atoms with Crippen LogP contribution in [-0.2, 0) is 13.1 Å². The number of rotatable bonds is 7. The minimum atomic E-state index is -0.235. The smallest absolute Gasteiger partial charge is 0.183 e. The molecule has 0 aliphatic carbocycles. The van der Waals surface area contributed by atoms with Gasteiger partial charge in [0.25, 0.3) is 0 Å². The van der Waals surface area contributed by atoms with E-state index in [0.29, 0.717) is 13.1 Å². The fourth-order valence-electron chi connectivity index (χ4n) is 3.02. The lowest BCUT2D eigenvalue weighted by molar-refractivity contribution is 0.414. The topological polar surface area (TPSA) is 52.0 Å². The van der Waals surface area contributed by atoms with Crippen molar-refractivity contribution in [3.05, 3.63) is 83.4 Å². The molecular formula is C22H21FN4OS. The highest BCUT2D eigenvalue weighted by Crippen LogP contribution is 2.32. The largest absolute Gasteiger partial charge is 0.497 e. The Hall–Kier alpha value is -3.19. The van der Waals surface area contributed by atoms with Crippen LogP contribution in [0.25, 0.3) is 10.6 Å². The van der Waals surface area contributed by atoms with Gasteiger partial charge in [0.1, 0.15) is 17.3 Å². The summed E-state index contributed by atoms with van der Waals surface area (Å²) in [6, 6.07) is 16.5. The number of benzene rings is 2. The van der Waals surface area contributed by atoms with Crippen molar-refractivity contribution in [2.45, 2.75) is 20.0 Å². The Bertz CT molecular complexity index is 1100. The van der Waals surface area contributed by atoms with Crippen molar-refractivity contribution >= 4 is 16.5 Å². The highest BCUT2D eigenvalue weighted by atomic mass is 32.1. The molecule has 2 aromatic carbocycles. The van der Waals surface area contributed by atoms with Gasteiger partial charge in [0, 0.05) is 12.7 Å². The first kappa shape index (κ1) is 19.1. The minimum absolute atomic E-state index is 0.235. The van der Waals surface area contributed by atoms with Crippen LogP contribution in [-0.4, -0.2) is 21.9 Å². The fraction of sp³-hybridized carbons (Fsp3) is 0.182. The summed E-state index contributed by atoms with van der Waals surface area (Å²) in [5.74, 6) is 0.607. The number of thiazole rings is 1. The average molecular weight is 409 g/mol. The number of nitrogens with zero attached hydrogens (tertiary/aromatic N) is 3. The molecule has 0 aliphatic heterocycles. The molecule has 4 aromatic rings. The van der Waals surface area contributed by atoms with E-state index in [1.807, 2.05) is 54.2 Å². The van der Waals surface area contributed by atoms with E-state index >= 15 is 0 Å². The maximum atomic E-state index is 13.4. The Morgan fingerprint density at radius 3 is 2.69 bits per heavy atom. The third kappa shape index (κ3) is 4.63. The molecule has 0 spiro atoms. The summed E-state index contributed by atoms with van der Waals surface area (Å²) in [5, 5.41) is 8.87. The summed E-state index contributed by atoms with van der Waals surface area (Å²) in [6.45, 7) is 3.19. The molecule has 29 heavy (non-hydrogen) atoms. The summed E-state index contributed by atoms with van der Waals surface area (Å²) in [4.78, 5) is 5.65. The van der Waals surface area contributed by atoms with Crippen LogP contribution in [0.5, 0.6) is 5.75 Å². The number of hydrogen-bond acceptors (Lipinski definition) is 5. The number of halogens is 1. The molecule has 2 heterocycles. The summed E-state index contributed by atoms with van der Waals surface area (Å²) in [5.41, 5.74) is 3.83. The van der Waals surface area contributed by atoms with Crippen LogP contribution in [0.15, 0.2) is 60.8 Å². The van der Waals surface area contributed by atoms with Crippen molar-refractivity contribution in [3.8, 4) is 16.3 Å². The third-order valence-corrected chi connectivity index (χ3v) is 5.64. The van der Waals surface area contributed by atoms with Crippen molar-refractivity contribution in [3.63, 3.8) is 0 Å². The van der Waals surface area contributed by atoms with Crippen LogP contribution in [0.4, 0.5) is 9.52 Å². The van der Waals surface area contributed by atoms with Gasteiger partial charge in [0.05, 0.1) is 24.2 Å². The zero-order valence-electron chi connectivity index (χ0n) is 16.2. The molecule has 0 saturated heterocycles. The van der Waals surface area contributed by atoms with Crippen LogP contribution in [0.2, 0.25) is 0 Å². The van der Waals surface area contributed by atoms with Crippen LogP contribution in [0.1, 0.15) is 16.8 Å². The highest BCUT2D eigenvalue weighted by Gasteiger charge is 2.12. The molecule has 0 aliphatic rings. The molecule has 7 heteroatoms. The van der Waals surface area contributed by atoms with Crippen molar-refractivity contribution in [1.82, 2.24) is 14.8 Å². The zero-order chi connectivity index (χ0) is 20.2. The first-order chi connectivity index (χ1) is 14.1. The van der Waals surface area contributed by atoms with Gasteiger partial charge < -0.3 is 10.1 Å². The standard InChI is InChI=1S/C22H21FN4OS/c1-15-21(20-10-11-27(26-20)14-17-4-3-5-18(23)12-17)29-22(25-15)24-13-16-6-8-19(28-2)9-7-16/h3-12H,13-14H2,1-2H3,(H,24,25). The van der Waals surface area contributed by atoms with E-state index in [0.717, 1.165) is 38.3 Å². The molecule has 0 saturated carbocycles. The maximum absolute atomic E-state index is 13.4. The normalized spacial score (nSPS) is 10.9. The molecule has 2 aromatic heterocycles. The summed E-state index contributed by atoms with van der Waals surface area (Å²) in [7, 11) is 1.66. The average Bonchev–Trinajstić information content (AvgIpc) is 3.33. The summed E-state index contributed by atoms with van der Waals surface area (Å²) in [6.07, 6.45) is 1.91. The van der Waals surface area contributed by atoms with Gasteiger partial charge >= 0.3 is 0 Å².